The first-order valence-electron chi connectivity index (χ1n) is 15.4. The van der Waals surface area contributed by atoms with Gasteiger partial charge in [-0.2, -0.15) is 0 Å². The Balaban J connectivity index is 1.56. The molecule has 0 spiro atoms. The van der Waals surface area contributed by atoms with E-state index in [1.54, 1.807) is 30.3 Å². The topological polar surface area (TPSA) is 96.0 Å². The van der Waals surface area contributed by atoms with E-state index in [1.807, 2.05) is 60.7 Å². The number of anilines is 1. The summed E-state index contributed by atoms with van der Waals surface area (Å²) in [5, 5.41) is 3.38. The monoisotopic (exact) mass is 659 g/mol. The van der Waals surface area contributed by atoms with Gasteiger partial charge in [0.25, 0.3) is 10.0 Å². The highest BCUT2D eigenvalue weighted by molar-refractivity contribution is 7.92. The molecule has 1 N–H and O–H groups in total. The second-order valence-corrected chi connectivity index (χ2v) is 13.6. The molecule has 0 aliphatic heterocycles. The lowest BCUT2D eigenvalue weighted by Crippen LogP contribution is -2.54. The van der Waals surface area contributed by atoms with E-state index in [4.69, 9.17) is 16.3 Å². The molecule has 1 atom stereocenters. The number of amides is 2. The average molecular weight is 660 g/mol. The first-order chi connectivity index (χ1) is 22.3. The lowest BCUT2D eigenvalue weighted by molar-refractivity contribution is -0.140. The summed E-state index contributed by atoms with van der Waals surface area (Å²) in [5.41, 5.74) is 1.89. The summed E-state index contributed by atoms with van der Waals surface area (Å²) in [4.78, 5) is 30.2. The van der Waals surface area contributed by atoms with Gasteiger partial charge in [-0.25, -0.2) is 8.42 Å². The van der Waals surface area contributed by atoms with E-state index in [2.05, 4.69) is 5.32 Å². The van der Waals surface area contributed by atoms with E-state index in [0.29, 0.717) is 5.75 Å². The average Bonchev–Trinajstić information content (AvgIpc) is 3.59. The fourth-order valence-corrected chi connectivity index (χ4v) is 7.44. The number of carbonyl (C=O) groups is 2. The number of nitrogens with one attached hydrogen (secondary N) is 1. The summed E-state index contributed by atoms with van der Waals surface area (Å²) in [6, 6.07) is 30.6. The second-order valence-electron chi connectivity index (χ2n) is 11.3. The largest absolute Gasteiger partial charge is 0.495 e. The van der Waals surface area contributed by atoms with Gasteiger partial charge in [-0.1, -0.05) is 103 Å². The van der Waals surface area contributed by atoms with Gasteiger partial charge in [0.2, 0.25) is 11.8 Å². The standard InChI is InChI=1S/C36H38ClN3O5S/c1-45-34-22-21-30(24-32(34)37)40(46(43,44)31-19-9-4-10-20-31)26-35(41)39(25-28-15-7-3-8-16-28)33(23-27-13-5-2-6-14-27)36(42)38-29-17-11-12-18-29/h2-10,13-16,19-22,24,29,33H,11-12,17-18,23,25-26H2,1H3,(H,38,42)/t33-/m1/s1. The summed E-state index contributed by atoms with van der Waals surface area (Å²) >= 11 is 6.44. The summed E-state index contributed by atoms with van der Waals surface area (Å²) in [6.45, 7) is -0.452. The van der Waals surface area contributed by atoms with Crippen LogP contribution in [0, 0.1) is 0 Å². The quantitative estimate of drug-likeness (QED) is 0.183. The van der Waals surface area contributed by atoms with Crippen molar-refractivity contribution in [2.75, 3.05) is 18.0 Å². The molecule has 0 bridgehead atoms. The van der Waals surface area contributed by atoms with Gasteiger partial charge in [0.15, 0.2) is 0 Å². The molecule has 1 aliphatic rings. The first kappa shape index (κ1) is 33.0. The van der Waals surface area contributed by atoms with Crippen LogP contribution in [0.3, 0.4) is 0 Å². The van der Waals surface area contributed by atoms with Gasteiger partial charge in [-0.15, -0.1) is 0 Å². The van der Waals surface area contributed by atoms with Crippen molar-refractivity contribution in [3.63, 3.8) is 0 Å². The van der Waals surface area contributed by atoms with E-state index in [0.717, 1.165) is 41.1 Å². The Kier molecular flexibility index (Phi) is 11.0. The zero-order valence-electron chi connectivity index (χ0n) is 25.7. The maximum Gasteiger partial charge on any atom is 0.264 e. The Labute approximate surface area is 276 Å². The molecule has 240 valence electrons. The molecule has 8 nitrogen and oxygen atoms in total. The maximum absolute atomic E-state index is 14.6. The molecule has 10 heteroatoms. The molecule has 4 aromatic carbocycles. The second kappa shape index (κ2) is 15.3. The molecule has 0 radical (unpaired) electrons. The van der Waals surface area contributed by atoms with Crippen LogP contribution in [0.1, 0.15) is 36.8 Å². The van der Waals surface area contributed by atoms with Crippen molar-refractivity contribution in [3.05, 3.63) is 125 Å². The van der Waals surface area contributed by atoms with Crippen molar-refractivity contribution in [1.29, 1.82) is 0 Å². The fraction of sp³-hybridized carbons (Fsp3) is 0.278. The van der Waals surface area contributed by atoms with Crippen molar-refractivity contribution in [1.82, 2.24) is 10.2 Å². The lowest BCUT2D eigenvalue weighted by Gasteiger charge is -2.34. The third-order valence-electron chi connectivity index (χ3n) is 8.20. The Bertz CT molecular complexity index is 1720. The molecular formula is C36H38ClN3O5S. The number of hydrogen-bond donors (Lipinski definition) is 1. The van der Waals surface area contributed by atoms with Gasteiger partial charge in [0.1, 0.15) is 18.3 Å². The number of halogens is 1. The van der Waals surface area contributed by atoms with E-state index in [-0.39, 0.29) is 40.5 Å². The molecular weight excluding hydrogens is 622 g/mol. The number of rotatable bonds is 13. The summed E-state index contributed by atoms with van der Waals surface area (Å²) < 4.78 is 34.6. The smallest absolute Gasteiger partial charge is 0.264 e. The van der Waals surface area contributed by atoms with Crippen molar-refractivity contribution in [2.45, 2.75) is 55.6 Å². The van der Waals surface area contributed by atoms with Crippen LogP contribution in [-0.2, 0) is 32.6 Å². The van der Waals surface area contributed by atoms with Gasteiger partial charge in [0.05, 0.1) is 22.7 Å². The Hall–Kier alpha value is -4.34. The number of benzene rings is 4. The van der Waals surface area contributed by atoms with Crippen molar-refractivity contribution in [3.8, 4) is 5.75 Å². The Morgan fingerprint density at radius 2 is 1.46 bits per heavy atom. The summed E-state index contributed by atoms with van der Waals surface area (Å²) in [5.74, 6) is -0.422. The highest BCUT2D eigenvalue weighted by atomic mass is 35.5. The Morgan fingerprint density at radius 3 is 2.04 bits per heavy atom. The maximum atomic E-state index is 14.6. The number of ether oxygens (including phenoxy) is 1. The van der Waals surface area contributed by atoms with Crippen LogP contribution >= 0.6 is 11.6 Å². The molecule has 0 unspecified atom stereocenters. The van der Waals surface area contributed by atoms with Crippen LogP contribution in [0.25, 0.3) is 0 Å². The van der Waals surface area contributed by atoms with Crippen LogP contribution in [0.2, 0.25) is 5.02 Å². The van der Waals surface area contributed by atoms with Crippen LogP contribution < -0.4 is 14.4 Å². The number of carbonyl (C=O) groups excluding carboxylic acids is 2. The molecule has 1 aliphatic carbocycles. The fourth-order valence-electron chi connectivity index (χ4n) is 5.76. The molecule has 0 saturated heterocycles. The number of nitrogens with zero attached hydrogens (tertiary/aromatic N) is 2. The van der Waals surface area contributed by atoms with Gasteiger partial charge >= 0.3 is 0 Å². The van der Waals surface area contributed by atoms with E-state index >= 15 is 0 Å². The van der Waals surface area contributed by atoms with Crippen LogP contribution in [-0.4, -0.2) is 50.9 Å². The zero-order valence-corrected chi connectivity index (χ0v) is 27.3. The summed E-state index contributed by atoms with van der Waals surface area (Å²) in [7, 11) is -2.76. The molecule has 2 amide bonds. The molecule has 0 aromatic heterocycles. The Morgan fingerprint density at radius 1 is 0.870 bits per heavy atom. The normalized spacial score (nSPS) is 14.0. The highest BCUT2D eigenvalue weighted by Crippen LogP contribution is 2.32. The van der Waals surface area contributed by atoms with Gasteiger partial charge in [-0.3, -0.25) is 13.9 Å². The molecule has 1 saturated carbocycles. The molecule has 5 rings (SSSR count). The van der Waals surface area contributed by atoms with Crippen molar-refractivity contribution >= 4 is 39.1 Å². The summed E-state index contributed by atoms with van der Waals surface area (Å²) in [6.07, 6.45) is 4.11. The van der Waals surface area contributed by atoms with Crippen LogP contribution in [0.5, 0.6) is 5.75 Å². The SMILES string of the molecule is COc1ccc(N(CC(=O)N(Cc2ccccc2)[C@H](Cc2ccccc2)C(=O)NC2CCCC2)S(=O)(=O)c2ccccc2)cc1Cl. The zero-order chi connectivity index (χ0) is 32.5. The number of methoxy groups -OCH3 is 1. The van der Waals surface area contributed by atoms with Crippen molar-refractivity contribution < 1.29 is 22.7 Å². The predicted molar refractivity (Wildman–Crippen MR) is 180 cm³/mol. The van der Waals surface area contributed by atoms with E-state index in [9.17, 15) is 18.0 Å². The van der Waals surface area contributed by atoms with Gasteiger partial charge in [-0.05, 0) is 54.3 Å². The van der Waals surface area contributed by atoms with Gasteiger partial charge in [0, 0.05) is 19.0 Å². The third kappa shape index (κ3) is 8.08. The molecule has 1 fully saturated rings. The van der Waals surface area contributed by atoms with Crippen LogP contribution in [0.4, 0.5) is 5.69 Å². The predicted octanol–water partition coefficient (Wildman–Crippen LogP) is 6.24. The lowest BCUT2D eigenvalue weighted by atomic mass is 10.0. The minimum absolute atomic E-state index is 0.0177. The first-order valence-corrected chi connectivity index (χ1v) is 17.2. The molecule has 4 aromatic rings. The molecule has 0 heterocycles. The van der Waals surface area contributed by atoms with Crippen LogP contribution in [0.15, 0.2) is 114 Å². The van der Waals surface area contributed by atoms with Gasteiger partial charge < -0.3 is 15.0 Å². The van der Waals surface area contributed by atoms with Crippen molar-refractivity contribution in [2.24, 2.45) is 0 Å². The number of sulfonamides is 1. The minimum atomic E-state index is -4.23. The number of hydrogen-bond acceptors (Lipinski definition) is 5. The molecule has 46 heavy (non-hydrogen) atoms. The third-order valence-corrected chi connectivity index (χ3v) is 10.3. The highest BCUT2D eigenvalue weighted by Gasteiger charge is 2.35. The van der Waals surface area contributed by atoms with E-state index < -0.39 is 28.5 Å². The minimum Gasteiger partial charge on any atom is -0.495 e. The van der Waals surface area contributed by atoms with E-state index in [1.165, 1.54) is 30.2 Å².